The van der Waals surface area contributed by atoms with Crippen molar-refractivity contribution in [2.24, 2.45) is 0 Å². The number of hydrogen-bond donors (Lipinski definition) is 1. The number of rotatable bonds is 9. The number of fused-ring (bicyclic) bond motifs is 2. The second kappa shape index (κ2) is 17.7. The van der Waals surface area contributed by atoms with Crippen LogP contribution in [0.15, 0.2) is 261 Å². The van der Waals surface area contributed by atoms with Crippen LogP contribution in [0.25, 0.3) is 33.4 Å². The molecule has 0 fully saturated rings. The van der Waals surface area contributed by atoms with E-state index in [1.54, 1.807) is 0 Å². The van der Waals surface area contributed by atoms with Gasteiger partial charge in [-0.2, -0.15) is 9.34 Å². The van der Waals surface area contributed by atoms with E-state index in [1.165, 1.54) is 11.1 Å². The molecule has 0 N–H and O–H groups in total. The second-order valence-corrected chi connectivity index (χ2v) is 25.5. The van der Waals surface area contributed by atoms with E-state index in [2.05, 4.69) is 286 Å². The smallest absolute Gasteiger partial charge is 0.291 e. The molecule has 0 aromatic heterocycles. The first kappa shape index (κ1) is 43.1. The van der Waals surface area contributed by atoms with Gasteiger partial charge in [0.1, 0.15) is 11.4 Å². The summed E-state index contributed by atoms with van der Waals surface area (Å²) in [7, 11) is 0. The zero-order valence-corrected chi connectivity index (χ0v) is 41.4. The highest BCUT2D eigenvalue weighted by atomic mass is 32.7. The molecule has 69 heavy (non-hydrogen) atoms. The molecule has 8 heteroatoms. The zero-order chi connectivity index (χ0) is 46.5. The molecule has 0 bridgehead atoms. The van der Waals surface area contributed by atoms with Gasteiger partial charge in [0.2, 0.25) is 0 Å². The monoisotopic (exact) mass is 961 g/mol. The van der Waals surface area contributed by atoms with Gasteiger partial charge in [-0.05, 0) is 161 Å². The Hall–Kier alpha value is -7.17. The fourth-order valence-corrected chi connectivity index (χ4v) is 19.2. The maximum Gasteiger partial charge on any atom is 0.297 e. The molecule has 0 atom stereocenters. The van der Waals surface area contributed by atoms with Crippen LogP contribution in [0.5, 0.6) is 0 Å². The van der Waals surface area contributed by atoms with Gasteiger partial charge in [-0.25, -0.2) is 0 Å². The third-order valence-electron chi connectivity index (χ3n) is 13.1. The first-order valence-corrected chi connectivity index (χ1v) is 28.7. The number of thiol groups is 1. The molecule has 0 aliphatic carbocycles. The Labute approximate surface area is 416 Å². The Bertz CT molecular complexity index is 3420. The summed E-state index contributed by atoms with van der Waals surface area (Å²) in [6.45, 7) is -0.519. The number of para-hydroxylation sites is 8. The Morgan fingerprint density at radius 3 is 1.19 bits per heavy atom. The Kier molecular flexibility index (Phi) is 11.1. The lowest BCUT2D eigenvalue weighted by atomic mass is 9.93. The summed E-state index contributed by atoms with van der Waals surface area (Å²) < 4.78 is 9.81. The van der Waals surface area contributed by atoms with Gasteiger partial charge in [-0.15, -0.1) is 0 Å². The van der Waals surface area contributed by atoms with Gasteiger partial charge in [0, 0.05) is 16.7 Å². The van der Waals surface area contributed by atoms with Crippen molar-refractivity contribution in [1.29, 1.82) is 0 Å². The molecule has 0 saturated carbocycles. The normalized spacial score (nSPS) is 14.4. The van der Waals surface area contributed by atoms with E-state index < -0.39 is 13.1 Å². The van der Waals surface area contributed by atoms with Gasteiger partial charge >= 0.3 is 0 Å². The number of hydrogen-bond acceptors (Lipinski definition) is 4. The zero-order valence-electron chi connectivity index (χ0n) is 37.9. The van der Waals surface area contributed by atoms with Gasteiger partial charge in [0.25, 0.3) is 6.77 Å². The molecule has 2 aliphatic heterocycles. The minimum Gasteiger partial charge on any atom is -0.291 e. The van der Waals surface area contributed by atoms with Crippen LogP contribution >= 0.6 is 25.4 Å². The predicted octanol–water partition coefficient (Wildman–Crippen LogP) is 17.2. The number of nitrogens with zero attached hydrogens (tertiary/aromatic N) is 4. The van der Waals surface area contributed by atoms with Crippen molar-refractivity contribution in [3.63, 3.8) is 0 Å². The molecule has 0 spiro atoms. The molecule has 2 aliphatic rings. The first-order valence-electron chi connectivity index (χ1n) is 23.2. The number of aryl methyl sites for hydroxylation is 1. The molecular formula is C61H47N4P2S2+. The molecule has 0 saturated heterocycles. The van der Waals surface area contributed by atoms with Crippen LogP contribution in [0.4, 0.5) is 45.5 Å². The van der Waals surface area contributed by atoms with Gasteiger partial charge in [0.05, 0.1) is 35.0 Å². The lowest BCUT2D eigenvalue weighted by Crippen LogP contribution is -2.28. The minimum atomic E-state index is -2.79. The fourth-order valence-electron chi connectivity index (χ4n) is 10.0. The van der Waals surface area contributed by atoms with Crippen molar-refractivity contribution < 1.29 is 0 Å². The van der Waals surface area contributed by atoms with Crippen molar-refractivity contribution in [3.05, 3.63) is 266 Å². The van der Waals surface area contributed by atoms with E-state index in [-0.39, 0.29) is 0 Å². The van der Waals surface area contributed by atoms with Gasteiger partial charge in [-0.3, -0.25) is 9.34 Å². The van der Waals surface area contributed by atoms with Crippen molar-refractivity contribution in [2.45, 2.75) is 6.92 Å². The molecule has 2 heterocycles. The minimum absolute atomic E-state index is 1.08. The largest absolute Gasteiger partial charge is 0.297 e. The first-order chi connectivity index (χ1) is 33.9. The van der Waals surface area contributed by atoms with Crippen molar-refractivity contribution in [1.82, 2.24) is 0 Å². The van der Waals surface area contributed by atoms with Gasteiger partial charge < -0.3 is 0 Å². The summed E-state index contributed by atoms with van der Waals surface area (Å²) in [6, 6.07) is 94.1. The maximum absolute atomic E-state index is 7.22. The highest BCUT2D eigenvalue weighted by molar-refractivity contribution is 8.57. The topological polar surface area (TPSA) is 13.0 Å². The lowest BCUT2D eigenvalue weighted by molar-refractivity contribution is 1.44. The molecule has 10 aromatic rings. The van der Waals surface area contributed by atoms with Crippen LogP contribution in [0.2, 0.25) is 0 Å². The SMILES string of the molecule is Cc1cccc(-c2cc(-c3cccc(P4(=S)N(c5ccccc5)c5ccccc5N4c4ccccc4)c3)cc(-c3cccc([P+]4(S)N(c5ccccc5)c5ccccc5N4c4ccccc4)c3)c2)c1. The Morgan fingerprint density at radius 2 is 0.725 bits per heavy atom. The summed E-state index contributed by atoms with van der Waals surface area (Å²) in [5.41, 5.74) is 16.8. The molecule has 0 unspecified atom stereocenters. The molecule has 0 radical (unpaired) electrons. The Morgan fingerprint density at radius 1 is 0.348 bits per heavy atom. The van der Waals surface area contributed by atoms with E-state index in [1.807, 2.05) is 0 Å². The third-order valence-corrected chi connectivity index (χ3v) is 22.4. The van der Waals surface area contributed by atoms with Crippen molar-refractivity contribution in [2.75, 3.05) is 18.7 Å². The van der Waals surface area contributed by atoms with Crippen LogP contribution in [-0.4, -0.2) is 0 Å². The average Bonchev–Trinajstić information content (AvgIpc) is 3.85. The Balaban J connectivity index is 1.04. The third kappa shape index (κ3) is 7.39. The van der Waals surface area contributed by atoms with E-state index in [9.17, 15) is 0 Å². The quantitative estimate of drug-likeness (QED) is 0.114. The summed E-state index contributed by atoms with van der Waals surface area (Å²) in [4.78, 5) is 0. The molecule has 12 rings (SSSR count). The van der Waals surface area contributed by atoms with E-state index in [4.69, 9.17) is 24.1 Å². The van der Waals surface area contributed by atoms with Gasteiger partial charge in [-0.1, -0.05) is 157 Å². The highest BCUT2D eigenvalue weighted by Gasteiger charge is 2.59. The number of anilines is 8. The average molecular weight is 962 g/mol. The van der Waals surface area contributed by atoms with E-state index >= 15 is 0 Å². The fraction of sp³-hybridized carbons (Fsp3) is 0.0164. The second-order valence-electron chi connectivity index (χ2n) is 17.4. The highest BCUT2D eigenvalue weighted by Crippen LogP contribution is 2.80. The van der Waals surface area contributed by atoms with Crippen molar-refractivity contribution >= 4 is 93.3 Å². The maximum atomic E-state index is 7.22. The predicted molar refractivity (Wildman–Crippen MR) is 304 cm³/mol. The molecule has 4 nitrogen and oxygen atoms in total. The lowest BCUT2D eigenvalue weighted by Gasteiger charge is -2.37. The summed E-state index contributed by atoms with van der Waals surface area (Å²) in [6.07, 6.45) is -2.79. The van der Waals surface area contributed by atoms with Crippen LogP contribution < -0.4 is 29.3 Å². The van der Waals surface area contributed by atoms with E-state index in [0.29, 0.717) is 0 Å². The van der Waals surface area contributed by atoms with E-state index in [0.717, 1.165) is 83.9 Å². The molecule has 332 valence electrons. The van der Waals surface area contributed by atoms with Crippen molar-refractivity contribution in [3.8, 4) is 33.4 Å². The van der Waals surface area contributed by atoms with Crippen LogP contribution in [0.1, 0.15) is 5.56 Å². The van der Waals surface area contributed by atoms with Crippen LogP contribution in [-0.2, 0) is 11.8 Å². The van der Waals surface area contributed by atoms with Crippen LogP contribution in [0.3, 0.4) is 0 Å². The van der Waals surface area contributed by atoms with Crippen LogP contribution in [0, 0.1) is 6.92 Å². The number of benzene rings is 10. The standard InChI is InChI=1S/C61H47N4P2S2/c1-45-21-18-22-46(39-45)49-40-50(47-23-19-33-56(43-47)66(68)62(52-25-6-2-7-26-52)58-35-14-15-36-59(58)63(66)53-27-8-3-9-28-53)42-51(41-49)48-24-20-34-57(44-48)67(69)64(54-29-10-4-11-30-54)60-37-16-17-38-61(60)65(67)55-31-12-5-13-32-55/h2-44,68H,1H3/q+1. The van der Waals surface area contributed by atoms with Gasteiger partial charge in [0.15, 0.2) is 11.6 Å². The summed E-state index contributed by atoms with van der Waals surface area (Å²) in [5, 5.41) is 2.26. The molecular weight excluding hydrogens is 915 g/mol. The summed E-state index contributed by atoms with van der Waals surface area (Å²) >= 11 is 13.2. The summed E-state index contributed by atoms with van der Waals surface area (Å²) in [5.74, 6) is 0. The molecule has 10 aromatic carbocycles. The molecule has 0 amide bonds.